The molecule has 2 rings (SSSR count). The van der Waals surface area contributed by atoms with E-state index in [0.717, 1.165) is 0 Å². The van der Waals surface area contributed by atoms with Crippen molar-refractivity contribution in [2.24, 2.45) is 0 Å². The number of nitrogens with zero attached hydrogens (tertiary/aromatic N) is 1. The number of aromatic nitrogens is 1. The number of hydrogen-bond donors (Lipinski definition) is 0. The lowest BCUT2D eigenvalue weighted by molar-refractivity contribution is 0.109. The maximum atomic E-state index is 12.7. The third kappa shape index (κ3) is 2.61. The first-order valence-corrected chi connectivity index (χ1v) is 7.43. The highest BCUT2D eigenvalue weighted by atomic mass is 31.2. The molecule has 0 unspecified atom stereocenters. The number of para-hydroxylation sites is 1. The maximum absolute atomic E-state index is 12.7. The molecule has 0 bridgehead atoms. The van der Waals surface area contributed by atoms with Crippen LogP contribution in [0.25, 0.3) is 11.1 Å². The van der Waals surface area contributed by atoms with Gasteiger partial charge in [-0.25, -0.2) is 4.98 Å². The molecule has 1 heterocycles. The summed E-state index contributed by atoms with van der Waals surface area (Å²) in [6.45, 7) is 3.94. The van der Waals surface area contributed by atoms with Crippen molar-refractivity contribution in [2.45, 2.75) is 13.8 Å². The first-order valence-electron chi connectivity index (χ1n) is 5.89. The van der Waals surface area contributed by atoms with Crippen LogP contribution in [0, 0.1) is 0 Å². The third-order valence-corrected chi connectivity index (χ3v) is 4.56. The van der Waals surface area contributed by atoms with E-state index in [4.69, 9.17) is 13.5 Å². The molecule has 0 saturated carbocycles. The summed E-state index contributed by atoms with van der Waals surface area (Å²) in [4.78, 5) is 14.7. The van der Waals surface area contributed by atoms with Crippen LogP contribution in [0.3, 0.4) is 0 Å². The van der Waals surface area contributed by atoms with Crippen LogP contribution >= 0.6 is 7.60 Å². The van der Waals surface area contributed by atoms with Crippen LogP contribution in [0.1, 0.15) is 24.5 Å². The fourth-order valence-corrected chi connectivity index (χ4v) is 3.46. The predicted molar refractivity (Wildman–Crippen MR) is 69.9 cm³/mol. The van der Waals surface area contributed by atoms with Crippen molar-refractivity contribution in [1.29, 1.82) is 0 Å². The second kappa shape index (κ2) is 5.65. The molecule has 7 heteroatoms. The average molecular weight is 283 g/mol. The first-order chi connectivity index (χ1) is 9.14. The van der Waals surface area contributed by atoms with E-state index in [0.29, 0.717) is 22.7 Å². The SMILES string of the molecule is CCOP(=O)(OCC)c1cccc2oc(C=O)nc12. The van der Waals surface area contributed by atoms with Crippen LogP contribution in [0.15, 0.2) is 22.6 Å². The normalized spacial score (nSPS) is 11.9. The molecule has 19 heavy (non-hydrogen) atoms. The second-order valence-corrected chi connectivity index (χ2v) is 5.62. The fraction of sp³-hybridized carbons (Fsp3) is 0.333. The molecule has 0 aliphatic carbocycles. The molecule has 0 amide bonds. The van der Waals surface area contributed by atoms with E-state index in [2.05, 4.69) is 4.98 Å². The standard InChI is InChI=1S/C12H14NO5P/c1-3-16-19(15,17-4-2)10-7-5-6-9-12(10)13-11(8-14)18-9/h5-8H,3-4H2,1-2H3. The van der Waals surface area contributed by atoms with Gasteiger partial charge in [-0.3, -0.25) is 9.36 Å². The molecule has 6 nitrogen and oxygen atoms in total. The molecule has 1 aromatic carbocycles. The van der Waals surface area contributed by atoms with Gasteiger partial charge in [0, 0.05) is 0 Å². The van der Waals surface area contributed by atoms with Crippen LogP contribution < -0.4 is 5.30 Å². The highest BCUT2D eigenvalue weighted by Crippen LogP contribution is 2.48. The summed E-state index contributed by atoms with van der Waals surface area (Å²) in [6.07, 6.45) is 0.496. The summed E-state index contributed by atoms with van der Waals surface area (Å²) < 4.78 is 28.5. The Morgan fingerprint density at radius 2 is 2.00 bits per heavy atom. The third-order valence-electron chi connectivity index (χ3n) is 2.41. The van der Waals surface area contributed by atoms with Gasteiger partial charge >= 0.3 is 7.60 Å². The minimum atomic E-state index is -3.45. The largest absolute Gasteiger partial charge is 0.434 e. The fourth-order valence-electron chi connectivity index (χ4n) is 1.74. The van der Waals surface area contributed by atoms with E-state index in [1.165, 1.54) is 0 Å². The number of benzene rings is 1. The van der Waals surface area contributed by atoms with E-state index in [-0.39, 0.29) is 19.1 Å². The lowest BCUT2D eigenvalue weighted by Crippen LogP contribution is -2.12. The van der Waals surface area contributed by atoms with Gasteiger partial charge in [0.15, 0.2) is 5.58 Å². The molecular formula is C12H14NO5P. The van der Waals surface area contributed by atoms with Gasteiger partial charge in [-0.15, -0.1) is 0 Å². The average Bonchev–Trinajstić information content (AvgIpc) is 2.81. The Morgan fingerprint density at radius 3 is 2.58 bits per heavy atom. The molecule has 102 valence electrons. The van der Waals surface area contributed by atoms with E-state index in [9.17, 15) is 9.36 Å². The smallest absolute Gasteiger partial charge is 0.363 e. The van der Waals surface area contributed by atoms with Gasteiger partial charge in [-0.2, -0.15) is 0 Å². The zero-order valence-electron chi connectivity index (χ0n) is 10.7. The molecule has 0 N–H and O–H groups in total. The summed E-state index contributed by atoms with van der Waals surface area (Å²) in [5.41, 5.74) is 0.703. The minimum absolute atomic E-state index is 0.0676. The molecule has 0 fully saturated rings. The van der Waals surface area contributed by atoms with E-state index in [1.807, 2.05) is 0 Å². The Kier molecular flexibility index (Phi) is 4.14. The Balaban J connectivity index is 2.62. The zero-order valence-corrected chi connectivity index (χ0v) is 11.6. The van der Waals surface area contributed by atoms with E-state index in [1.54, 1.807) is 32.0 Å². The quantitative estimate of drug-likeness (QED) is 0.598. The van der Waals surface area contributed by atoms with Crippen LogP contribution in [0.4, 0.5) is 0 Å². The lowest BCUT2D eigenvalue weighted by Gasteiger charge is -2.16. The Labute approximate surface area is 110 Å². The Morgan fingerprint density at radius 1 is 1.32 bits per heavy atom. The highest BCUT2D eigenvalue weighted by Gasteiger charge is 2.30. The molecule has 0 atom stereocenters. The lowest BCUT2D eigenvalue weighted by atomic mass is 10.3. The van der Waals surface area contributed by atoms with E-state index >= 15 is 0 Å². The van der Waals surface area contributed by atoms with Gasteiger partial charge in [0.25, 0.3) is 5.89 Å². The topological polar surface area (TPSA) is 78.6 Å². The number of carbonyl (C=O) groups excluding carboxylic acids is 1. The number of fused-ring (bicyclic) bond motifs is 1. The molecule has 0 aliphatic rings. The molecular weight excluding hydrogens is 269 g/mol. The molecule has 0 saturated heterocycles. The number of aldehydes is 1. The summed E-state index contributed by atoms with van der Waals surface area (Å²) in [6, 6.07) is 4.90. The summed E-state index contributed by atoms with van der Waals surface area (Å²) in [5, 5.41) is 0.311. The van der Waals surface area contributed by atoms with Crippen molar-refractivity contribution < 1.29 is 22.8 Å². The second-order valence-electron chi connectivity index (χ2n) is 3.63. The summed E-state index contributed by atoms with van der Waals surface area (Å²) in [7, 11) is -3.45. The van der Waals surface area contributed by atoms with E-state index < -0.39 is 7.60 Å². The molecule has 0 radical (unpaired) electrons. The number of oxazole rings is 1. The predicted octanol–water partition coefficient (Wildman–Crippen LogP) is 2.53. The van der Waals surface area contributed by atoms with Gasteiger partial charge in [0.1, 0.15) is 5.52 Å². The summed E-state index contributed by atoms with van der Waals surface area (Å²) in [5.74, 6) is -0.0676. The monoisotopic (exact) mass is 283 g/mol. The van der Waals surface area contributed by atoms with Crippen molar-refractivity contribution in [1.82, 2.24) is 4.98 Å². The first kappa shape index (κ1) is 13.9. The van der Waals surface area contributed by atoms with Crippen LogP contribution in [0.5, 0.6) is 0 Å². The molecule has 1 aromatic heterocycles. The highest BCUT2D eigenvalue weighted by molar-refractivity contribution is 7.62. The van der Waals surface area contributed by atoms with Gasteiger partial charge in [-0.1, -0.05) is 6.07 Å². The van der Waals surface area contributed by atoms with Crippen molar-refractivity contribution >= 4 is 30.3 Å². The van der Waals surface area contributed by atoms with Crippen molar-refractivity contribution in [3.8, 4) is 0 Å². The van der Waals surface area contributed by atoms with Crippen molar-refractivity contribution in [3.05, 3.63) is 24.1 Å². The Hall–Kier alpha value is -1.49. The maximum Gasteiger partial charge on any atom is 0.363 e. The van der Waals surface area contributed by atoms with Crippen LogP contribution in [-0.4, -0.2) is 24.5 Å². The van der Waals surface area contributed by atoms with Gasteiger partial charge in [0.05, 0.1) is 18.5 Å². The van der Waals surface area contributed by atoms with Gasteiger partial charge in [-0.05, 0) is 26.0 Å². The molecule has 2 aromatic rings. The number of rotatable bonds is 6. The van der Waals surface area contributed by atoms with Crippen LogP contribution in [-0.2, 0) is 13.6 Å². The number of hydrogen-bond acceptors (Lipinski definition) is 6. The zero-order chi connectivity index (χ0) is 13.9. The minimum Gasteiger partial charge on any atom is -0.434 e. The molecule has 0 aliphatic heterocycles. The summed E-state index contributed by atoms with van der Waals surface area (Å²) >= 11 is 0. The number of carbonyl (C=O) groups is 1. The molecule has 0 spiro atoms. The van der Waals surface area contributed by atoms with Gasteiger partial charge < -0.3 is 13.5 Å². The van der Waals surface area contributed by atoms with Crippen molar-refractivity contribution in [3.63, 3.8) is 0 Å². The van der Waals surface area contributed by atoms with Crippen molar-refractivity contribution in [2.75, 3.05) is 13.2 Å². The Bertz CT molecular complexity index is 626. The van der Waals surface area contributed by atoms with Gasteiger partial charge in [0.2, 0.25) is 6.29 Å². The van der Waals surface area contributed by atoms with Crippen LogP contribution in [0.2, 0.25) is 0 Å².